The average Bonchev–Trinajstić information content (AvgIpc) is 4.03. The maximum Gasteiger partial charge on any atom is 0.146 e. The molecule has 1 atom stereocenters. The third-order valence-corrected chi connectivity index (χ3v) is 12.4. The summed E-state index contributed by atoms with van der Waals surface area (Å²) in [5.74, 6) is 1.67. The van der Waals surface area contributed by atoms with Gasteiger partial charge in [0.05, 0.1) is 27.8 Å². The van der Waals surface area contributed by atoms with Gasteiger partial charge >= 0.3 is 0 Å². The number of hydrogen-bond acceptors (Lipinski definition) is 2. The standard InChI is InChI=1S/C52H32N4O/c1-2-12-35(13-3-1)54-45-19-9-5-14-37(45)40-30-33(22-26-47(40)54)34-23-27-48-41(31-34)38-15-6-10-20-46(38)55(48)36-24-25-44-51(32-36)57-50-21-11-8-18-43(50)52(44)42-17-7-4-16-39(42)49-28-29-53-56(49)52/h1-32H. The second-order valence-corrected chi connectivity index (χ2v) is 15.2. The number of rotatable bonds is 3. The molecule has 13 rings (SSSR count). The van der Waals surface area contributed by atoms with E-state index < -0.39 is 5.54 Å². The Bertz CT molecular complexity index is 3460. The van der Waals surface area contributed by atoms with E-state index in [0.29, 0.717) is 0 Å². The molecule has 1 unspecified atom stereocenters. The largest absolute Gasteiger partial charge is 0.456 e. The van der Waals surface area contributed by atoms with E-state index in [0.717, 1.165) is 50.7 Å². The maximum atomic E-state index is 6.85. The molecule has 2 aliphatic heterocycles. The van der Waals surface area contributed by atoms with Crippen LogP contribution in [0.4, 0.5) is 0 Å². The molecule has 0 N–H and O–H groups in total. The Labute approximate surface area is 327 Å². The van der Waals surface area contributed by atoms with Gasteiger partial charge in [-0.3, -0.25) is 0 Å². The van der Waals surface area contributed by atoms with E-state index in [1.165, 1.54) is 54.8 Å². The predicted octanol–water partition coefficient (Wildman–Crippen LogP) is 12.7. The lowest BCUT2D eigenvalue weighted by Crippen LogP contribution is -2.38. The van der Waals surface area contributed by atoms with E-state index in [4.69, 9.17) is 9.84 Å². The zero-order chi connectivity index (χ0) is 37.2. The first kappa shape index (κ1) is 30.7. The summed E-state index contributed by atoms with van der Waals surface area (Å²) < 4.78 is 13.8. The minimum absolute atomic E-state index is 0.650. The number of aromatic nitrogens is 4. The van der Waals surface area contributed by atoms with E-state index in [-0.39, 0.29) is 0 Å². The lowest BCUT2D eigenvalue weighted by atomic mass is 9.75. The Morgan fingerprint density at radius 3 is 1.72 bits per heavy atom. The van der Waals surface area contributed by atoms with Gasteiger partial charge in [0, 0.05) is 61.9 Å². The summed E-state index contributed by atoms with van der Waals surface area (Å²) in [5, 5.41) is 9.89. The molecule has 3 aromatic heterocycles. The fourth-order valence-corrected chi connectivity index (χ4v) is 10.0. The van der Waals surface area contributed by atoms with Crippen molar-refractivity contribution in [3.8, 4) is 45.3 Å². The summed E-state index contributed by atoms with van der Waals surface area (Å²) in [7, 11) is 0. The second kappa shape index (κ2) is 11.2. The van der Waals surface area contributed by atoms with Gasteiger partial charge in [-0.1, -0.05) is 115 Å². The minimum Gasteiger partial charge on any atom is -0.456 e. The monoisotopic (exact) mass is 728 g/mol. The maximum absolute atomic E-state index is 6.85. The molecule has 0 bridgehead atoms. The highest BCUT2D eigenvalue weighted by Crippen LogP contribution is 2.58. The summed E-state index contributed by atoms with van der Waals surface area (Å²) in [4.78, 5) is 0. The van der Waals surface area contributed by atoms with Crippen LogP contribution in [0.25, 0.3) is 77.4 Å². The van der Waals surface area contributed by atoms with E-state index >= 15 is 0 Å². The topological polar surface area (TPSA) is 36.9 Å². The van der Waals surface area contributed by atoms with Crippen molar-refractivity contribution in [3.63, 3.8) is 0 Å². The van der Waals surface area contributed by atoms with Crippen molar-refractivity contribution >= 4 is 43.6 Å². The van der Waals surface area contributed by atoms with Crippen LogP contribution in [0, 0.1) is 0 Å². The molecule has 5 heteroatoms. The van der Waals surface area contributed by atoms with Gasteiger partial charge in [-0.25, -0.2) is 4.68 Å². The van der Waals surface area contributed by atoms with Crippen LogP contribution in [-0.2, 0) is 5.54 Å². The number of hydrogen-bond donors (Lipinski definition) is 0. The Kier molecular flexibility index (Phi) is 6.04. The van der Waals surface area contributed by atoms with Crippen LogP contribution in [0.3, 0.4) is 0 Å². The van der Waals surface area contributed by atoms with Crippen LogP contribution in [-0.4, -0.2) is 18.9 Å². The summed E-state index contributed by atoms with van der Waals surface area (Å²) in [5.41, 5.74) is 14.3. The van der Waals surface area contributed by atoms with Gasteiger partial charge in [-0.15, -0.1) is 0 Å². The highest BCUT2D eigenvalue weighted by atomic mass is 16.5. The summed E-state index contributed by atoms with van der Waals surface area (Å²) >= 11 is 0. The Hall–Kier alpha value is -7.63. The first-order valence-electron chi connectivity index (χ1n) is 19.5. The molecule has 0 amide bonds. The van der Waals surface area contributed by atoms with E-state index in [1.54, 1.807) is 0 Å². The van der Waals surface area contributed by atoms with Gasteiger partial charge < -0.3 is 13.9 Å². The van der Waals surface area contributed by atoms with Crippen LogP contribution in [0.5, 0.6) is 11.5 Å². The minimum atomic E-state index is -0.650. The van der Waals surface area contributed by atoms with Crippen LogP contribution in [0.2, 0.25) is 0 Å². The Balaban J connectivity index is 0.990. The molecule has 0 aliphatic carbocycles. The van der Waals surface area contributed by atoms with Crippen LogP contribution < -0.4 is 4.74 Å². The van der Waals surface area contributed by atoms with Crippen LogP contribution in [0.1, 0.15) is 16.7 Å². The molecule has 0 radical (unpaired) electrons. The quantitative estimate of drug-likeness (QED) is 0.182. The van der Waals surface area contributed by atoms with Crippen molar-refractivity contribution in [2.45, 2.75) is 5.54 Å². The summed E-state index contributed by atoms with van der Waals surface area (Å²) in [6.45, 7) is 0. The molecule has 8 aromatic carbocycles. The number of fused-ring (bicyclic) bond motifs is 15. The number of ether oxygens (including phenoxy) is 1. The number of para-hydroxylation sites is 4. The molecular weight excluding hydrogens is 697 g/mol. The third-order valence-electron chi connectivity index (χ3n) is 12.4. The highest BCUT2D eigenvalue weighted by Gasteiger charge is 2.52. The highest BCUT2D eigenvalue weighted by molar-refractivity contribution is 6.12. The molecule has 5 nitrogen and oxygen atoms in total. The molecule has 0 saturated carbocycles. The molecule has 266 valence electrons. The lowest BCUT2D eigenvalue weighted by molar-refractivity contribution is 0.382. The van der Waals surface area contributed by atoms with E-state index in [9.17, 15) is 0 Å². The zero-order valence-corrected chi connectivity index (χ0v) is 30.7. The molecule has 0 saturated heterocycles. The van der Waals surface area contributed by atoms with Crippen molar-refractivity contribution in [3.05, 3.63) is 211 Å². The van der Waals surface area contributed by atoms with Gasteiger partial charge in [0.15, 0.2) is 0 Å². The fraction of sp³-hybridized carbons (Fsp3) is 0.0192. The van der Waals surface area contributed by atoms with Crippen molar-refractivity contribution in [1.29, 1.82) is 0 Å². The molecule has 1 spiro atoms. The third kappa shape index (κ3) is 3.99. The normalized spacial score (nSPS) is 15.2. The fourth-order valence-electron chi connectivity index (χ4n) is 10.0. The summed E-state index contributed by atoms with van der Waals surface area (Å²) in [6.07, 6.45) is 1.91. The Morgan fingerprint density at radius 2 is 0.982 bits per heavy atom. The molecule has 5 heterocycles. The number of benzene rings is 8. The van der Waals surface area contributed by atoms with Crippen molar-refractivity contribution in [2.24, 2.45) is 0 Å². The smallest absolute Gasteiger partial charge is 0.146 e. The first-order valence-corrected chi connectivity index (χ1v) is 19.5. The molecule has 11 aromatic rings. The first-order chi connectivity index (χ1) is 28.3. The number of nitrogens with zero attached hydrogens (tertiary/aromatic N) is 4. The molecule has 0 fully saturated rings. The Morgan fingerprint density at radius 1 is 0.404 bits per heavy atom. The van der Waals surface area contributed by atoms with Crippen molar-refractivity contribution in [2.75, 3.05) is 0 Å². The predicted molar refractivity (Wildman–Crippen MR) is 230 cm³/mol. The molecular formula is C52H32N4O. The van der Waals surface area contributed by atoms with Gasteiger partial charge in [0.2, 0.25) is 0 Å². The second-order valence-electron chi connectivity index (χ2n) is 15.2. The van der Waals surface area contributed by atoms with E-state index in [2.05, 4.69) is 202 Å². The van der Waals surface area contributed by atoms with Crippen molar-refractivity contribution in [1.82, 2.24) is 18.9 Å². The van der Waals surface area contributed by atoms with Gasteiger partial charge in [-0.2, -0.15) is 5.10 Å². The average molecular weight is 729 g/mol. The molecule has 2 aliphatic rings. The van der Waals surface area contributed by atoms with Crippen molar-refractivity contribution < 1.29 is 4.74 Å². The van der Waals surface area contributed by atoms with Gasteiger partial charge in [0.1, 0.15) is 17.0 Å². The van der Waals surface area contributed by atoms with Gasteiger partial charge in [0.25, 0.3) is 0 Å². The SMILES string of the molecule is c1ccc(-n2c3ccccc3c3cc(-c4ccc5c(c4)c4ccccc4n5-c4ccc5c(c4)Oc4ccccc4C54c5ccccc5-c5ccnn54)ccc32)cc1. The van der Waals surface area contributed by atoms with Crippen LogP contribution in [0.15, 0.2) is 194 Å². The van der Waals surface area contributed by atoms with Gasteiger partial charge in [-0.05, 0) is 83.4 Å². The lowest BCUT2D eigenvalue weighted by Gasteiger charge is -2.39. The van der Waals surface area contributed by atoms with Crippen LogP contribution >= 0.6 is 0 Å². The summed E-state index contributed by atoms with van der Waals surface area (Å²) in [6, 6.07) is 67.8. The molecule has 57 heavy (non-hydrogen) atoms. The zero-order valence-electron chi connectivity index (χ0n) is 30.7. The van der Waals surface area contributed by atoms with E-state index in [1.807, 2.05) is 6.20 Å².